The average molecular weight is 429 g/mol. The van der Waals surface area contributed by atoms with Gasteiger partial charge in [0.05, 0.1) is 11.6 Å². The van der Waals surface area contributed by atoms with Gasteiger partial charge in [-0.1, -0.05) is 0 Å². The second-order valence-electron chi connectivity index (χ2n) is 8.69. The van der Waals surface area contributed by atoms with Gasteiger partial charge in [0, 0.05) is 69.0 Å². The fraction of sp³-hybridized carbons (Fsp3) is 0.619. The molecule has 5 heterocycles. The van der Waals surface area contributed by atoms with Gasteiger partial charge in [-0.3, -0.25) is 9.59 Å². The first kappa shape index (κ1) is 19.8. The number of carbonyl (C=O) groups excluding carboxylic acids is 2. The Kier molecular flexibility index (Phi) is 5.43. The van der Waals surface area contributed by atoms with Gasteiger partial charge in [0.1, 0.15) is 10.3 Å². The highest BCUT2D eigenvalue weighted by Crippen LogP contribution is 2.42. The molecule has 0 spiro atoms. The molecule has 3 fully saturated rings. The third-order valence-electron chi connectivity index (χ3n) is 6.87. The molecular weight excluding hydrogens is 400 g/mol. The van der Waals surface area contributed by atoms with Gasteiger partial charge in [-0.05, 0) is 26.3 Å². The van der Waals surface area contributed by atoms with Gasteiger partial charge in [0.2, 0.25) is 11.8 Å². The van der Waals surface area contributed by atoms with E-state index in [1.165, 1.54) is 11.3 Å². The van der Waals surface area contributed by atoms with Gasteiger partial charge in [0.25, 0.3) is 0 Å². The number of nitrogens with one attached hydrogen (secondary N) is 1. The Morgan fingerprint density at radius 1 is 1.17 bits per heavy atom. The second kappa shape index (κ2) is 8.20. The number of hydrogen-bond acceptors (Lipinski definition) is 7. The molecule has 160 valence electrons. The summed E-state index contributed by atoms with van der Waals surface area (Å²) in [6, 6.07) is 0.246. The average Bonchev–Trinajstić information content (AvgIpc) is 3.46. The molecule has 0 saturated carbocycles. The van der Waals surface area contributed by atoms with E-state index in [1.807, 2.05) is 10.3 Å². The lowest BCUT2D eigenvalue weighted by Crippen LogP contribution is -2.46. The first-order valence-corrected chi connectivity index (χ1v) is 11.7. The van der Waals surface area contributed by atoms with E-state index in [9.17, 15) is 9.59 Å². The van der Waals surface area contributed by atoms with Gasteiger partial charge < -0.3 is 20.0 Å². The number of hydrogen-bond donors (Lipinski definition) is 1. The Morgan fingerprint density at radius 3 is 2.80 bits per heavy atom. The van der Waals surface area contributed by atoms with Crippen LogP contribution in [0.2, 0.25) is 0 Å². The van der Waals surface area contributed by atoms with Crippen LogP contribution in [0.1, 0.15) is 25.7 Å². The molecule has 0 radical (unpaired) electrons. The smallest absolute Gasteiger partial charge is 0.229 e. The van der Waals surface area contributed by atoms with Crippen LogP contribution in [-0.4, -0.2) is 88.3 Å². The Balaban J connectivity index is 1.20. The van der Waals surface area contributed by atoms with Crippen molar-refractivity contribution in [1.29, 1.82) is 0 Å². The van der Waals surface area contributed by atoms with E-state index in [0.717, 1.165) is 68.0 Å². The highest BCUT2D eigenvalue weighted by molar-refractivity contribution is 7.17. The quantitative estimate of drug-likeness (QED) is 0.780. The van der Waals surface area contributed by atoms with Crippen LogP contribution in [-0.2, 0) is 9.59 Å². The third-order valence-corrected chi connectivity index (χ3v) is 7.74. The van der Waals surface area contributed by atoms with Crippen molar-refractivity contribution in [3.63, 3.8) is 0 Å². The Bertz CT molecular complexity index is 940. The van der Waals surface area contributed by atoms with Crippen LogP contribution in [0.15, 0.2) is 17.8 Å². The summed E-state index contributed by atoms with van der Waals surface area (Å²) >= 11 is 1.48. The minimum absolute atomic E-state index is 0.00409. The zero-order valence-electron chi connectivity index (χ0n) is 17.3. The number of thiophene rings is 1. The van der Waals surface area contributed by atoms with Crippen molar-refractivity contribution in [3.8, 4) is 0 Å². The number of likely N-dealkylation sites (N-methyl/N-ethyl adjacent to an activating group) is 1. The summed E-state index contributed by atoms with van der Waals surface area (Å²) in [6.07, 6.45) is 6.56. The van der Waals surface area contributed by atoms with Gasteiger partial charge in [-0.2, -0.15) is 0 Å². The van der Waals surface area contributed by atoms with Crippen LogP contribution >= 0.6 is 11.3 Å². The summed E-state index contributed by atoms with van der Waals surface area (Å²) in [5.74, 6) is 0.0796. The van der Waals surface area contributed by atoms with Crippen molar-refractivity contribution in [2.45, 2.75) is 37.8 Å². The van der Waals surface area contributed by atoms with Gasteiger partial charge in [0.15, 0.2) is 0 Å². The van der Waals surface area contributed by atoms with E-state index >= 15 is 0 Å². The van der Waals surface area contributed by atoms with Crippen LogP contribution in [0.3, 0.4) is 0 Å². The van der Waals surface area contributed by atoms with Crippen molar-refractivity contribution in [1.82, 2.24) is 24.7 Å². The van der Waals surface area contributed by atoms with Crippen LogP contribution in [0.5, 0.6) is 0 Å². The lowest BCUT2D eigenvalue weighted by atomic mass is 9.88. The van der Waals surface area contributed by atoms with Gasteiger partial charge >= 0.3 is 0 Å². The first-order valence-electron chi connectivity index (χ1n) is 10.8. The molecule has 3 atom stereocenters. The maximum absolute atomic E-state index is 13.0. The maximum atomic E-state index is 13.0. The number of fused-ring (bicyclic) bond motifs is 3. The summed E-state index contributed by atoms with van der Waals surface area (Å²) in [5.41, 5.74) is 1.46. The van der Waals surface area contributed by atoms with E-state index in [4.69, 9.17) is 0 Å². The summed E-state index contributed by atoms with van der Waals surface area (Å²) in [5, 5.41) is 4.95. The molecule has 8 nitrogen and oxygen atoms in total. The van der Waals surface area contributed by atoms with E-state index in [-0.39, 0.29) is 29.8 Å². The number of amides is 2. The van der Waals surface area contributed by atoms with E-state index < -0.39 is 0 Å². The van der Waals surface area contributed by atoms with Crippen molar-refractivity contribution >= 4 is 39.2 Å². The Morgan fingerprint density at radius 2 is 1.97 bits per heavy atom. The number of carbonyl (C=O) groups is 2. The van der Waals surface area contributed by atoms with Crippen LogP contribution in [0.4, 0.5) is 5.69 Å². The second-order valence-corrected chi connectivity index (χ2v) is 9.54. The molecule has 1 N–H and O–H groups in total. The minimum atomic E-state index is -0.136. The normalized spacial score (nSPS) is 27.1. The largest absolute Gasteiger partial charge is 0.336 e. The molecule has 5 rings (SSSR count). The standard InChI is InChI=1S/C21H28N6O2S/c1-25-8-10-26(11-9-25)7-4-18(28)27-14-2-3-17(27)15(12-14)20(29)24-16-13-30-21-19(16)22-5-6-23-21/h5-6,13-15,17H,2-4,7-12H2,1H3,(H,24,29)/t14-,15+,17+/m0/s1. The number of aromatic nitrogens is 2. The number of piperazine rings is 1. The summed E-state index contributed by atoms with van der Waals surface area (Å²) in [4.78, 5) is 42.2. The Labute approximate surface area is 180 Å². The van der Waals surface area contributed by atoms with E-state index in [2.05, 4.69) is 32.1 Å². The van der Waals surface area contributed by atoms with Gasteiger partial charge in [-0.15, -0.1) is 11.3 Å². The van der Waals surface area contributed by atoms with Crippen molar-refractivity contribution in [2.75, 3.05) is 45.1 Å². The molecule has 0 unspecified atom stereocenters. The topological polar surface area (TPSA) is 81.7 Å². The SMILES string of the molecule is CN1CCN(CCC(=O)N2[C@H]3CC[C@@H]2[C@H](C(=O)Nc2csc4nccnc24)C3)CC1. The van der Waals surface area contributed by atoms with Crippen LogP contribution < -0.4 is 5.32 Å². The van der Waals surface area contributed by atoms with Crippen molar-refractivity contribution in [3.05, 3.63) is 17.8 Å². The molecule has 0 aliphatic carbocycles. The molecule has 3 aliphatic heterocycles. The number of anilines is 1. The highest BCUT2D eigenvalue weighted by Gasteiger charge is 2.50. The third kappa shape index (κ3) is 3.70. The number of nitrogens with zero attached hydrogens (tertiary/aromatic N) is 5. The minimum Gasteiger partial charge on any atom is -0.336 e. The van der Waals surface area contributed by atoms with Crippen LogP contribution in [0, 0.1) is 5.92 Å². The molecular formula is C21H28N6O2S. The summed E-state index contributed by atoms with van der Waals surface area (Å²) in [6.45, 7) is 5.00. The van der Waals surface area contributed by atoms with Gasteiger partial charge in [-0.25, -0.2) is 9.97 Å². The number of rotatable bonds is 5. The molecule has 2 aromatic heterocycles. The lowest BCUT2D eigenvalue weighted by molar-refractivity contribution is -0.133. The predicted octanol–water partition coefficient (Wildman–Crippen LogP) is 1.65. The fourth-order valence-corrected chi connectivity index (χ4v) is 5.99. The monoisotopic (exact) mass is 428 g/mol. The van der Waals surface area contributed by atoms with Crippen LogP contribution in [0.25, 0.3) is 10.3 Å². The van der Waals surface area contributed by atoms with E-state index in [0.29, 0.717) is 6.42 Å². The first-order chi connectivity index (χ1) is 14.6. The molecule has 2 bridgehead atoms. The zero-order valence-corrected chi connectivity index (χ0v) is 18.1. The van der Waals surface area contributed by atoms with Crippen molar-refractivity contribution in [2.24, 2.45) is 5.92 Å². The predicted molar refractivity (Wildman–Crippen MR) is 116 cm³/mol. The lowest BCUT2D eigenvalue weighted by Gasteiger charge is -2.33. The van der Waals surface area contributed by atoms with Crippen molar-refractivity contribution < 1.29 is 9.59 Å². The van der Waals surface area contributed by atoms with E-state index in [1.54, 1.807) is 12.4 Å². The zero-order chi connectivity index (χ0) is 20.7. The highest BCUT2D eigenvalue weighted by atomic mass is 32.1. The fourth-order valence-electron chi connectivity index (χ4n) is 5.19. The summed E-state index contributed by atoms with van der Waals surface area (Å²) in [7, 11) is 2.14. The Hall–Kier alpha value is -2.10. The molecule has 2 aromatic rings. The molecule has 2 amide bonds. The molecule has 9 heteroatoms. The summed E-state index contributed by atoms with van der Waals surface area (Å²) < 4.78 is 0. The molecule has 0 aromatic carbocycles. The molecule has 3 aliphatic rings. The molecule has 3 saturated heterocycles. The molecule has 30 heavy (non-hydrogen) atoms. The maximum Gasteiger partial charge on any atom is 0.229 e.